The maximum atomic E-state index is 6.06. The molecule has 0 bridgehead atoms. The Balaban J connectivity index is 2.46. The minimum absolute atomic E-state index is 0.712. The summed E-state index contributed by atoms with van der Waals surface area (Å²) in [6.07, 6.45) is 3.61. The first-order valence-corrected chi connectivity index (χ1v) is 8.82. The van der Waals surface area contributed by atoms with Gasteiger partial charge in [0.25, 0.3) is 0 Å². The molecule has 0 fully saturated rings. The zero-order chi connectivity index (χ0) is 13.9. The average Bonchev–Trinajstić information content (AvgIpc) is 2.39. The first-order chi connectivity index (χ1) is 9.26. The highest BCUT2D eigenvalue weighted by Crippen LogP contribution is 2.18. The van der Waals surface area contributed by atoms with Gasteiger partial charge >= 0.3 is 0 Å². The van der Waals surface area contributed by atoms with Crippen LogP contribution in [0, 0.1) is 5.92 Å². The Morgan fingerprint density at radius 3 is 2.84 bits per heavy atom. The van der Waals surface area contributed by atoms with E-state index in [-0.39, 0.29) is 0 Å². The van der Waals surface area contributed by atoms with Gasteiger partial charge in [-0.2, -0.15) is 11.8 Å². The van der Waals surface area contributed by atoms with Gasteiger partial charge in [-0.3, -0.25) is 0 Å². The van der Waals surface area contributed by atoms with Crippen LogP contribution in [0.25, 0.3) is 0 Å². The SMILES string of the molecule is CCCNCC(CCSCC)Cc1cccc(Cl)c1. The lowest BCUT2D eigenvalue weighted by atomic mass is 9.97. The number of hydrogen-bond donors (Lipinski definition) is 1. The number of halogens is 1. The van der Waals surface area contributed by atoms with E-state index in [9.17, 15) is 0 Å². The van der Waals surface area contributed by atoms with Crippen molar-refractivity contribution in [1.82, 2.24) is 5.32 Å². The fraction of sp³-hybridized carbons (Fsp3) is 0.625. The largest absolute Gasteiger partial charge is 0.316 e. The summed E-state index contributed by atoms with van der Waals surface area (Å²) in [5.74, 6) is 3.19. The zero-order valence-corrected chi connectivity index (χ0v) is 13.7. The van der Waals surface area contributed by atoms with Crippen molar-refractivity contribution in [2.24, 2.45) is 5.92 Å². The van der Waals surface area contributed by atoms with Crippen molar-refractivity contribution in [2.45, 2.75) is 33.1 Å². The van der Waals surface area contributed by atoms with Crippen molar-refractivity contribution in [3.63, 3.8) is 0 Å². The van der Waals surface area contributed by atoms with Crippen molar-refractivity contribution >= 4 is 23.4 Å². The van der Waals surface area contributed by atoms with Crippen LogP contribution in [0.1, 0.15) is 32.3 Å². The lowest BCUT2D eigenvalue weighted by Gasteiger charge is -2.17. The molecule has 1 atom stereocenters. The molecule has 1 nitrogen and oxygen atoms in total. The summed E-state index contributed by atoms with van der Waals surface area (Å²) in [6, 6.07) is 8.28. The maximum absolute atomic E-state index is 6.06. The summed E-state index contributed by atoms with van der Waals surface area (Å²) in [5, 5.41) is 4.40. The first kappa shape index (κ1) is 16.9. The lowest BCUT2D eigenvalue weighted by molar-refractivity contribution is 0.463. The third kappa shape index (κ3) is 7.86. The van der Waals surface area contributed by atoms with Crippen LogP contribution in [0.3, 0.4) is 0 Å². The van der Waals surface area contributed by atoms with Gasteiger partial charge in [-0.05, 0) is 67.5 Å². The molecule has 0 amide bonds. The Morgan fingerprint density at radius 1 is 1.32 bits per heavy atom. The predicted octanol–water partition coefficient (Wildman–Crippen LogP) is 4.64. The van der Waals surface area contributed by atoms with Crippen LogP contribution in [-0.4, -0.2) is 24.6 Å². The summed E-state index contributed by atoms with van der Waals surface area (Å²) >= 11 is 8.10. The van der Waals surface area contributed by atoms with Crippen LogP contribution in [-0.2, 0) is 6.42 Å². The molecular weight excluding hydrogens is 274 g/mol. The van der Waals surface area contributed by atoms with Crippen molar-refractivity contribution < 1.29 is 0 Å². The summed E-state index contributed by atoms with van der Waals surface area (Å²) in [4.78, 5) is 0. The van der Waals surface area contributed by atoms with Gasteiger partial charge in [0, 0.05) is 5.02 Å². The Bertz CT molecular complexity index is 333. The number of rotatable bonds is 10. The highest BCUT2D eigenvalue weighted by Gasteiger charge is 2.09. The number of hydrogen-bond acceptors (Lipinski definition) is 2. The fourth-order valence-corrected chi connectivity index (χ4v) is 3.15. The Kier molecular flexibility index (Phi) is 9.40. The Morgan fingerprint density at radius 2 is 2.16 bits per heavy atom. The van der Waals surface area contributed by atoms with Crippen LogP contribution in [0.4, 0.5) is 0 Å². The molecule has 0 saturated heterocycles. The van der Waals surface area contributed by atoms with Gasteiger partial charge in [0.1, 0.15) is 0 Å². The van der Waals surface area contributed by atoms with E-state index in [1.165, 1.54) is 29.9 Å². The number of thioether (sulfide) groups is 1. The van der Waals surface area contributed by atoms with Crippen molar-refractivity contribution in [3.8, 4) is 0 Å². The second kappa shape index (κ2) is 10.6. The molecule has 1 rings (SSSR count). The molecule has 0 radical (unpaired) electrons. The van der Waals surface area contributed by atoms with Gasteiger partial charge in [-0.1, -0.05) is 37.6 Å². The molecule has 0 spiro atoms. The van der Waals surface area contributed by atoms with E-state index in [0.29, 0.717) is 5.92 Å². The number of benzene rings is 1. The van der Waals surface area contributed by atoms with Crippen molar-refractivity contribution in [1.29, 1.82) is 0 Å². The molecule has 1 unspecified atom stereocenters. The molecule has 0 aliphatic carbocycles. The molecule has 1 aromatic carbocycles. The predicted molar refractivity (Wildman–Crippen MR) is 89.4 cm³/mol. The van der Waals surface area contributed by atoms with E-state index in [1.807, 2.05) is 17.8 Å². The molecule has 1 aromatic rings. The topological polar surface area (TPSA) is 12.0 Å². The van der Waals surface area contributed by atoms with Gasteiger partial charge in [-0.25, -0.2) is 0 Å². The highest BCUT2D eigenvalue weighted by atomic mass is 35.5. The molecule has 3 heteroatoms. The third-order valence-electron chi connectivity index (χ3n) is 3.15. The van der Waals surface area contributed by atoms with Gasteiger partial charge in [0.05, 0.1) is 0 Å². The summed E-state index contributed by atoms with van der Waals surface area (Å²) < 4.78 is 0. The van der Waals surface area contributed by atoms with Gasteiger partial charge < -0.3 is 5.32 Å². The van der Waals surface area contributed by atoms with Crippen LogP contribution >= 0.6 is 23.4 Å². The normalized spacial score (nSPS) is 12.6. The van der Waals surface area contributed by atoms with Crippen LogP contribution < -0.4 is 5.32 Å². The maximum Gasteiger partial charge on any atom is 0.0408 e. The molecule has 108 valence electrons. The van der Waals surface area contributed by atoms with E-state index in [2.05, 4.69) is 37.4 Å². The smallest absolute Gasteiger partial charge is 0.0408 e. The van der Waals surface area contributed by atoms with Crippen molar-refractivity contribution in [2.75, 3.05) is 24.6 Å². The molecule has 0 saturated carbocycles. The van der Waals surface area contributed by atoms with E-state index in [0.717, 1.165) is 24.5 Å². The van der Waals surface area contributed by atoms with Gasteiger partial charge in [-0.15, -0.1) is 0 Å². The van der Waals surface area contributed by atoms with Crippen LogP contribution in [0.15, 0.2) is 24.3 Å². The van der Waals surface area contributed by atoms with Gasteiger partial charge in [0.15, 0.2) is 0 Å². The van der Waals surface area contributed by atoms with E-state index in [4.69, 9.17) is 11.6 Å². The highest BCUT2D eigenvalue weighted by molar-refractivity contribution is 7.99. The second-order valence-corrected chi connectivity index (χ2v) is 6.72. The molecule has 0 heterocycles. The molecule has 0 aliphatic heterocycles. The monoisotopic (exact) mass is 299 g/mol. The van der Waals surface area contributed by atoms with E-state index in [1.54, 1.807) is 0 Å². The van der Waals surface area contributed by atoms with Crippen molar-refractivity contribution in [3.05, 3.63) is 34.9 Å². The van der Waals surface area contributed by atoms with Crippen LogP contribution in [0.5, 0.6) is 0 Å². The summed E-state index contributed by atoms with van der Waals surface area (Å²) in [5.41, 5.74) is 1.36. The number of nitrogens with one attached hydrogen (secondary N) is 1. The standard InChI is InChI=1S/C16H26ClNS/c1-3-9-18-13-15(8-10-19-4-2)11-14-6-5-7-16(17)12-14/h5-7,12,15,18H,3-4,8-11,13H2,1-2H3. The summed E-state index contributed by atoms with van der Waals surface area (Å²) in [6.45, 7) is 6.68. The summed E-state index contributed by atoms with van der Waals surface area (Å²) in [7, 11) is 0. The molecule has 0 aliphatic rings. The minimum atomic E-state index is 0.712. The molecule has 19 heavy (non-hydrogen) atoms. The Hall–Kier alpha value is -0.180. The van der Waals surface area contributed by atoms with E-state index < -0.39 is 0 Å². The average molecular weight is 300 g/mol. The molecule has 1 N–H and O–H groups in total. The molecular formula is C16H26ClNS. The third-order valence-corrected chi connectivity index (χ3v) is 4.32. The second-order valence-electron chi connectivity index (χ2n) is 4.89. The van der Waals surface area contributed by atoms with E-state index >= 15 is 0 Å². The lowest BCUT2D eigenvalue weighted by Crippen LogP contribution is -2.25. The molecule has 0 aromatic heterocycles. The van der Waals surface area contributed by atoms with Crippen LogP contribution in [0.2, 0.25) is 5.02 Å². The Labute approximate surface area is 127 Å². The van der Waals surface area contributed by atoms with Gasteiger partial charge in [0.2, 0.25) is 0 Å². The minimum Gasteiger partial charge on any atom is -0.316 e. The first-order valence-electron chi connectivity index (χ1n) is 7.29. The zero-order valence-electron chi connectivity index (χ0n) is 12.1. The fourth-order valence-electron chi connectivity index (χ4n) is 2.15. The quantitative estimate of drug-likeness (QED) is 0.632.